The quantitative estimate of drug-likeness (QED) is 0.519. The van der Waals surface area contributed by atoms with Crippen molar-refractivity contribution in [3.8, 4) is 11.1 Å². The number of hydrogen-bond acceptors (Lipinski definition) is 0. The zero-order chi connectivity index (χ0) is 10.4. The molecule has 2 aromatic carbocycles. The van der Waals surface area contributed by atoms with Crippen LogP contribution in [0, 0.1) is 19.9 Å². The van der Waals surface area contributed by atoms with Crippen molar-refractivity contribution in [3.05, 3.63) is 58.7 Å². The molecule has 1 aliphatic carbocycles. The number of hydrogen-bond donors (Lipinski definition) is 0. The van der Waals surface area contributed by atoms with Gasteiger partial charge in [-0.25, -0.2) is 0 Å². The molecule has 0 heterocycles. The van der Waals surface area contributed by atoms with Gasteiger partial charge in [-0.3, -0.25) is 0 Å². The van der Waals surface area contributed by atoms with E-state index in [1.165, 1.54) is 33.4 Å². The summed E-state index contributed by atoms with van der Waals surface area (Å²) >= 11 is 0. The largest absolute Gasteiger partial charge is 0.176 e. The van der Waals surface area contributed by atoms with Gasteiger partial charge in [0.25, 0.3) is 0 Å². The molecular formula is C15H15Cl2Zr-. The predicted molar refractivity (Wildman–Crippen MR) is 77.5 cm³/mol. The van der Waals surface area contributed by atoms with E-state index in [9.17, 15) is 0 Å². The fraction of sp³-hybridized carbons (Fsp3) is 0.200. The molecule has 0 aliphatic heterocycles. The van der Waals surface area contributed by atoms with Gasteiger partial charge in [0.15, 0.2) is 0 Å². The molecule has 2 aromatic rings. The fourth-order valence-electron chi connectivity index (χ4n) is 2.37. The smallest absolute Gasteiger partial charge is 0 e. The minimum atomic E-state index is 0. The standard InChI is InChI=1S/C15H13.2ClH.Zr/c1-10-3-5-14-12(7-10)9-13-8-11(2)4-6-15(13)14;;;/h3-7H,9H2,1-2H3;2*1H;/q-1;;;. The van der Waals surface area contributed by atoms with Crippen molar-refractivity contribution < 1.29 is 26.2 Å². The van der Waals surface area contributed by atoms with Crippen LogP contribution in [-0.4, -0.2) is 0 Å². The summed E-state index contributed by atoms with van der Waals surface area (Å²) in [5.74, 6) is 0. The van der Waals surface area contributed by atoms with E-state index in [1.54, 1.807) is 0 Å². The van der Waals surface area contributed by atoms with Crippen LogP contribution in [0.4, 0.5) is 0 Å². The summed E-state index contributed by atoms with van der Waals surface area (Å²) in [6, 6.07) is 14.5. The van der Waals surface area contributed by atoms with Crippen molar-refractivity contribution in [2.75, 3.05) is 0 Å². The van der Waals surface area contributed by atoms with Gasteiger partial charge in [0.2, 0.25) is 0 Å². The first-order chi connectivity index (χ1) is 7.24. The monoisotopic (exact) mass is 355 g/mol. The van der Waals surface area contributed by atoms with Gasteiger partial charge in [-0.1, -0.05) is 36.2 Å². The molecule has 0 nitrogen and oxygen atoms in total. The van der Waals surface area contributed by atoms with Gasteiger partial charge in [-0.2, -0.15) is 23.8 Å². The molecule has 0 saturated heterocycles. The minimum absolute atomic E-state index is 0. The second kappa shape index (κ2) is 6.89. The zero-order valence-electron chi connectivity index (χ0n) is 10.4. The normalized spacial score (nSPS) is 10.3. The van der Waals surface area contributed by atoms with Crippen LogP contribution >= 0.6 is 24.8 Å². The first-order valence-electron chi connectivity index (χ1n) is 5.36. The summed E-state index contributed by atoms with van der Waals surface area (Å²) in [6.07, 6.45) is 1.05. The van der Waals surface area contributed by atoms with Crippen LogP contribution in [0.25, 0.3) is 11.1 Å². The molecule has 3 rings (SSSR count). The van der Waals surface area contributed by atoms with E-state index < -0.39 is 0 Å². The number of halogens is 2. The SMILES string of the molecule is Cc1[c-]c2c(cc1)-c1ccc(C)cc1C2.Cl.Cl.[Zr]. The van der Waals surface area contributed by atoms with Gasteiger partial charge in [0, 0.05) is 26.2 Å². The van der Waals surface area contributed by atoms with E-state index in [1.807, 2.05) is 0 Å². The van der Waals surface area contributed by atoms with E-state index in [-0.39, 0.29) is 51.0 Å². The van der Waals surface area contributed by atoms with Gasteiger partial charge >= 0.3 is 0 Å². The summed E-state index contributed by atoms with van der Waals surface area (Å²) in [5.41, 5.74) is 8.15. The molecular weight excluding hydrogens is 342 g/mol. The Bertz CT molecular complexity index is 501. The van der Waals surface area contributed by atoms with Crippen LogP contribution in [0.3, 0.4) is 0 Å². The van der Waals surface area contributed by atoms with Crippen molar-refractivity contribution in [1.82, 2.24) is 0 Å². The van der Waals surface area contributed by atoms with Gasteiger partial charge in [-0.15, -0.1) is 35.9 Å². The second-order valence-corrected chi connectivity index (χ2v) is 4.37. The maximum atomic E-state index is 3.45. The van der Waals surface area contributed by atoms with E-state index in [0.717, 1.165) is 6.42 Å². The molecule has 18 heavy (non-hydrogen) atoms. The first kappa shape index (κ1) is 17.9. The number of fused-ring (bicyclic) bond motifs is 3. The topological polar surface area (TPSA) is 0 Å². The Labute approximate surface area is 140 Å². The van der Waals surface area contributed by atoms with Crippen LogP contribution in [0.15, 0.2) is 30.3 Å². The van der Waals surface area contributed by atoms with Gasteiger partial charge in [0.1, 0.15) is 0 Å². The number of aryl methyl sites for hydroxylation is 2. The molecule has 94 valence electrons. The first-order valence-corrected chi connectivity index (χ1v) is 5.36. The average molecular weight is 357 g/mol. The molecule has 1 aliphatic rings. The maximum absolute atomic E-state index is 3.45. The van der Waals surface area contributed by atoms with Crippen LogP contribution in [-0.2, 0) is 32.6 Å². The average Bonchev–Trinajstić information content (AvgIpc) is 2.53. The Kier molecular flexibility index (Phi) is 6.86. The molecule has 0 fully saturated rings. The Morgan fingerprint density at radius 3 is 2.33 bits per heavy atom. The molecule has 0 aromatic heterocycles. The fourth-order valence-corrected chi connectivity index (χ4v) is 2.37. The Balaban J connectivity index is 0.000000963. The molecule has 0 N–H and O–H groups in total. The van der Waals surface area contributed by atoms with Crippen LogP contribution in [0.2, 0.25) is 0 Å². The number of rotatable bonds is 0. The molecule has 0 amide bonds. The zero-order valence-corrected chi connectivity index (χ0v) is 14.5. The molecule has 0 atom stereocenters. The van der Waals surface area contributed by atoms with E-state index >= 15 is 0 Å². The third kappa shape index (κ3) is 3.07. The Hall–Kier alpha value is -0.0969. The maximum Gasteiger partial charge on any atom is 0 e. The summed E-state index contributed by atoms with van der Waals surface area (Å²) < 4.78 is 0. The summed E-state index contributed by atoms with van der Waals surface area (Å²) in [7, 11) is 0. The molecule has 0 radical (unpaired) electrons. The molecule has 0 bridgehead atoms. The van der Waals surface area contributed by atoms with Gasteiger partial charge < -0.3 is 0 Å². The summed E-state index contributed by atoms with van der Waals surface area (Å²) in [6.45, 7) is 4.26. The summed E-state index contributed by atoms with van der Waals surface area (Å²) in [5, 5.41) is 0. The van der Waals surface area contributed by atoms with Crippen LogP contribution in [0.5, 0.6) is 0 Å². The molecule has 0 saturated carbocycles. The van der Waals surface area contributed by atoms with E-state index in [0.29, 0.717) is 0 Å². The Morgan fingerprint density at radius 1 is 0.944 bits per heavy atom. The van der Waals surface area contributed by atoms with E-state index in [2.05, 4.69) is 50.2 Å². The molecule has 3 heteroatoms. The number of benzene rings is 2. The Morgan fingerprint density at radius 2 is 1.61 bits per heavy atom. The van der Waals surface area contributed by atoms with Crippen molar-refractivity contribution >= 4 is 24.8 Å². The minimum Gasteiger partial charge on any atom is -0.176 e. The second-order valence-electron chi connectivity index (χ2n) is 4.37. The predicted octanol–water partition coefficient (Wildman–Crippen LogP) is 4.52. The summed E-state index contributed by atoms with van der Waals surface area (Å²) in [4.78, 5) is 0. The van der Waals surface area contributed by atoms with E-state index in [4.69, 9.17) is 0 Å². The van der Waals surface area contributed by atoms with Gasteiger partial charge in [-0.05, 0) is 18.9 Å². The van der Waals surface area contributed by atoms with Crippen molar-refractivity contribution in [3.63, 3.8) is 0 Å². The van der Waals surface area contributed by atoms with Gasteiger partial charge in [0.05, 0.1) is 0 Å². The third-order valence-corrected chi connectivity index (χ3v) is 3.09. The van der Waals surface area contributed by atoms with Crippen LogP contribution in [0.1, 0.15) is 22.3 Å². The van der Waals surface area contributed by atoms with Crippen molar-refractivity contribution in [1.29, 1.82) is 0 Å². The van der Waals surface area contributed by atoms with Crippen molar-refractivity contribution in [2.24, 2.45) is 0 Å². The van der Waals surface area contributed by atoms with Crippen molar-refractivity contribution in [2.45, 2.75) is 20.3 Å². The molecule has 0 spiro atoms. The van der Waals surface area contributed by atoms with Crippen LogP contribution < -0.4 is 0 Å². The molecule has 0 unspecified atom stereocenters. The third-order valence-electron chi connectivity index (χ3n) is 3.09.